The van der Waals surface area contributed by atoms with Crippen LogP contribution < -0.4 is 35.3 Å². The quantitative estimate of drug-likeness (QED) is 0.327. The summed E-state index contributed by atoms with van der Waals surface area (Å²) in [5.74, 6) is -0.567. The molecule has 0 aliphatic rings. The Morgan fingerprint density at radius 3 is 2.33 bits per heavy atom. The summed E-state index contributed by atoms with van der Waals surface area (Å²) in [6, 6.07) is -0.771. The van der Waals surface area contributed by atoms with Gasteiger partial charge in [0.05, 0.1) is 0 Å². The molecule has 0 aromatic rings. The number of rotatable bonds is 3. The van der Waals surface area contributed by atoms with Crippen LogP contribution in [0.1, 0.15) is 6.42 Å². The van der Waals surface area contributed by atoms with E-state index in [4.69, 9.17) is 10.8 Å². The maximum Gasteiger partial charge on any atom is 1.00 e. The number of hydrogen-bond donors (Lipinski definition) is 2. The Bertz CT molecular complexity index is 90.6. The van der Waals surface area contributed by atoms with Gasteiger partial charge in [0.25, 0.3) is 0 Å². The molecule has 0 spiro atoms. The summed E-state index contributed by atoms with van der Waals surface area (Å²) in [7, 11) is 0. The van der Waals surface area contributed by atoms with E-state index in [1.807, 2.05) is 0 Å². The second kappa shape index (κ2) is 6.89. The maximum absolute atomic E-state index is 9.92. The maximum atomic E-state index is 9.92. The number of carboxylic acids is 1. The summed E-state index contributed by atoms with van der Waals surface area (Å²) in [6.07, 6.45) is 0.380. The first-order valence-corrected chi connectivity index (χ1v) is 2.82. The molecule has 0 aliphatic heterocycles. The van der Waals surface area contributed by atoms with Gasteiger partial charge in [-0.1, -0.05) is 0 Å². The normalized spacial score (nSPS) is 11.8. The van der Waals surface area contributed by atoms with Crippen LogP contribution in [0, 0.1) is 0 Å². The molecular formula is C4H8NNaO2S. The summed E-state index contributed by atoms with van der Waals surface area (Å²) >= 11 is 4.50. The Morgan fingerprint density at radius 2 is 2.22 bits per heavy atom. The van der Waals surface area contributed by atoms with Crippen LogP contribution in [0.2, 0.25) is 0 Å². The fourth-order valence-electron chi connectivity index (χ4n) is 0.250. The molecular weight excluding hydrogens is 149 g/mol. The predicted molar refractivity (Wildman–Crippen MR) is 32.5 cm³/mol. The SMILES string of the molecule is N[C@@H](CC[S-])C(=O)O.[Na+]. The van der Waals surface area contributed by atoms with Gasteiger partial charge in [-0.25, -0.2) is 0 Å². The van der Waals surface area contributed by atoms with Crippen LogP contribution >= 0.6 is 0 Å². The first kappa shape index (κ1) is 12.5. The van der Waals surface area contributed by atoms with Crippen LogP contribution in [0.4, 0.5) is 0 Å². The van der Waals surface area contributed by atoms with Crippen molar-refractivity contribution >= 4 is 18.6 Å². The third-order valence-electron chi connectivity index (χ3n) is 0.746. The van der Waals surface area contributed by atoms with Crippen LogP contribution in [0.3, 0.4) is 0 Å². The van der Waals surface area contributed by atoms with Crippen LogP contribution in [-0.4, -0.2) is 22.9 Å². The molecule has 0 aromatic heterocycles. The van der Waals surface area contributed by atoms with Crippen molar-refractivity contribution in [3.63, 3.8) is 0 Å². The van der Waals surface area contributed by atoms with E-state index < -0.39 is 12.0 Å². The van der Waals surface area contributed by atoms with E-state index in [1.165, 1.54) is 0 Å². The Hall–Kier alpha value is 0.780. The van der Waals surface area contributed by atoms with Gasteiger partial charge < -0.3 is 23.5 Å². The van der Waals surface area contributed by atoms with Crippen LogP contribution in [0.15, 0.2) is 0 Å². The molecule has 0 aromatic carbocycles. The minimum Gasteiger partial charge on any atom is -0.793 e. The molecule has 0 rings (SSSR count). The van der Waals surface area contributed by atoms with E-state index in [0.29, 0.717) is 12.2 Å². The summed E-state index contributed by atoms with van der Waals surface area (Å²) < 4.78 is 0. The number of carboxylic acid groups (broad SMARTS) is 1. The summed E-state index contributed by atoms with van der Waals surface area (Å²) in [5, 5.41) is 8.14. The number of carbonyl (C=O) groups is 1. The minimum atomic E-state index is -0.977. The molecule has 9 heavy (non-hydrogen) atoms. The van der Waals surface area contributed by atoms with Gasteiger partial charge in [0, 0.05) is 0 Å². The van der Waals surface area contributed by atoms with Gasteiger partial charge in [0.1, 0.15) is 6.04 Å². The van der Waals surface area contributed by atoms with E-state index in [1.54, 1.807) is 0 Å². The summed E-state index contributed by atoms with van der Waals surface area (Å²) in [4.78, 5) is 9.92. The molecule has 0 saturated carbocycles. The van der Waals surface area contributed by atoms with Gasteiger partial charge in [-0.3, -0.25) is 4.79 Å². The zero-order chi connectivity index (χ0) is 6.57. The van der Waals surface area contributed by atoms with E-state index >= 15 is 0 Å². The van der Waals surface area contributed by atoms with Crippen LogP contribution in [0.25, 0.3) is 0 Å². The number of nitrogens with two attached hydrogens (primary N) is 1. The molecule has 0 radical (unpaired) electrons. The number of aliphatic carboxylic acids is 1. The minimum absolute atomic E-state index is 0. The zero-order valence-electron chi connectivity index (χ0n) is 5.33. The molecule has 1 atom stereocenters. The molecule has 0 saturated heterocycles. The molecule has 48 valence electrons. The standard InChI is InChI=1S/C4H9NO2S.Na/c5-3(1-2-8)4(6)7;/h3,8H,1-2,5H2,(H,6,7);/q;+1/p-1/t3-;/m0./s1. The van der Waals surface area contributed by atoms with Crippen molar-refractivity contribution in [2.75, 3.05) is 5.75 Å². The van der Waals surface area contributed by atoms with Gasteiger partial charge >= 0.3 is 35.5 Å². The second-order valence-corrected chi connectivity index (χ2v) is 1.85. The van der Waals surface area contributed by atoms with Gasteiger partial charge in [-0.05, 0) is 6.42 Å². The smallest absolute Gasteiger partial charge is 0.793 e. The van der Waals surface area contributed by atoms with Crippen molar-refractivity contribution in [1.82, 2.24) is 0 Å². The first-order valence-electron chi connectivity index (χ1n) is 2.25. The number of hydrogen-bond acceptors (Lipinski definition) is 3. The Kier molecular flexibility index (Phi) is 9.54. The second-order valence-electron chi connectivity index (χ2n) is 1.44. The van der Waals surface area contributed by atoms with Gasteiger partial charge in [0.15, 0.2) is 0 Å². The van der Waals surface area contributed by atoms with Crippen molar-refractivity contribution in [3.05, 3.63) is 0 Å². The first-order chi connectivity index (χ1) is 3.68. The molecule has 0 unspecified atom stereocenters. The summed E-state index contributed by atoms with van der Waals surface area (Å²) in [6.45, 7) is 0. The van der Waals surface area contributed by atoms with Crippen LogP contribution in [0.5, 0.6) is 0 Å². The molecule has 0 bridgehead atoms. The van der Waals surface area contributed by atoms with E-state index in [9.17, 15) is 4.79 Å². The van der Waals surface area contributed by atoms with Crippen molar-refractivity contribution in [2.24, 2.45) is 5.73 Å². The average molecular weight is 157 g/mol. The molecule has 0 aliphatic carbocycles. The monoisotopic (exact) mass is 157 g/mol. The molecule has 3 N–H and O–H groups in total. The van der Waals surface area contributed by atoms with Crippen molar-refractivity contribution in [3.8, 4) is 0 Å². The topological polar surface area (TPSA) is 63.3 Å². The predicted octanol–water partition coefficient (Wildman–Crippen LogP) is -3.66. The van der Waals surface area contributed by atoms with Crippen molar-refractivity contribution < 1.29 is 39.5 Å². The Balaban J connectivity index is 0. The van der Waals surface area contributed by atoms with Crippen molar-refractivity contribution in [1.29, 1.82) is 0 Å². The van der Waals surface area contributed by atoms with Crippen molar-refractivity contribution in [2.45, 2.75) is 12.5 Å². The third kappa shape index (κ3) is 6.67. The molecule has 3 nitrogen and oxygen atoms in total. The molecule has 0 heterocycles. The fraction of sp³-hybridized carbons (Fsp3) is 0.750. The van der Waals surface area contributed by atoms with Crippen LogP contribution in [-0.2, 0) is 17.4 Å². The van der Waals surface area contributed by atoms with Gasteiger partial charge in [0.2, 0.25) is 0 Å². The van der Waals surface area contributed by atoms with E-state index in [0.717, 1.165) is 0 Å². The van der Waals surface area contributed by atoms with E-state index in [2.05, 4.69) is 12.6 Å². The van der Waals surface area contributed by atoms with E-state index in [-0.39, 0.29) is 29.6 Å². The average Bonchev–Trinajstić information content (AvgIpc) is 1.67. The van der Waals surface area contributed by atoms with Gasteiger partial charge in [-0.2, -0.15) is 5.75 Å². The zero-order valence-corrected chi connectivity index (χ0v) is 8.15. The molecule has 0 amide bonds. The largest absolute Gasteiger partial charge is 1.00 e. The third-order valence-corrected chi connectivity index (χ3v) is 0.982. The molecule has 0 fully saturated rings. The van der Waals surface area contributed by atoms with Gasteiger partial charge in [-0.15, -0.1) is 0 Å². The Morgan fingerprint density at radius 1 is 1.78 bits per heavy atom. The Labute approximate surface area is 81.7 Å². The summed E-state index contributed by atoms with van der Waals surface area (Å²) in [5.41, 5.74) is 5.06. The fourth-order valence-corrected chi connectivity index (χ4v) is 0.504. The molecule has 5 heteroatoms.